The Kier molecular flexibility index (Phi) is 10.8. The van der Waals surface area contributed by atoms with Gasteiger partial charge in [0.2, 0.25) is 11.8 Å². The maximum atomic E-state index is 13.3. The molecule has 1 rings (SSSR count). The highest BCUT2D eigenvalue weighted by Gasteiger charge is 2.30. The molecule has 0 bridgehead atoms. The fourth-order valence-electron chi connectivity index (χ4n) is 2.85. The Balaban J connectivity index is 3.07. The first kappa shape index (κ1) is 27.9. The third-order valence-corrected chi connectivity index (χ3v) is 4.31. The topological polar surface area (TPSA) is 129 Å². The zero-order valence-corrected chi connectivity index (χ0v) is 19.7. The zero-order chi connectivity index (χ0) is 25.2. The number of hydrogen-bond acceptors (Lipinski definition) is 7. The Hall–Kier alpha value is -3.14. The van der Waals surface area contributed by atoms with Crippen molar-refractivity contribution in [2.45, 2.75) is 57.7 Å². The largest absolute Gasteiger partial charge is 0.458 e. The zero-order valence-electron chi connectivity index (χ0n) is 19.7. The lowest BCUT2D eigenvalue weighted by Crippen LogP contribution is -2.54. The number of ether oxygens (including phenoxy) is 1. The minimum Gasteiger partial charge on any atom is -0.458 e. The van der Waals surface area contributed by atoms with Crippen LogP contribution in [-0.2, 0) is 30.3 Å². The van der Waals surface area contributed by atoms with Gasteiger partial charge >= 0.3 is 5.97 Å². The number of amides is 2. The van der Waals surface area contributed by atoms with Crippen molar-refractivity contribution in [2.24, 2.45) is 0 Å². The number of rotatable bonds is 12. The molecule has 10 heteroatoms. The molecule has 1 aromatic rings. The molecule has 0 radical (unpaired) electrons. The molecule has 0 aliphatic carbocycles. The van der Waals surface area contributed by atoms with E-state index in [9.17, 15) is 23.6 Å². The maximum absolute atomic E-state index is 13.3. The molecule has 0 spiro atoms. The summed E-state index contributed by atoms with van der Waals surface area (Å²) in [5.74, 6) is -2.72. The van der Waals surface area contributed by atoms with Gasteiger partial charge < -0.3 is 25.7 Å². The molecule has 0 saturated carbocycles. The Morgan fingerprint density at radius 1 is 1.09 bits per heavy atom. The van der Waals surface area contributed by atoms with Gasteiger partial charge in [-0.2, -0.15) is 0 Å². The molecule has 9 nitrogen and oxygen atoms in total. The van der Waals surface area contributed by atoms with E-state index < -0.39 is 47.1 Å². The number of carbonyl (C=O) groups is 4. The van der Waals surface area contributed by atoms with E-state index in [1.807, 2.05) is 0 Å². The van der Waals surface area contributed by atoms with Crippen LogP contribution in [0.2, 0.25) is 0 Å². The number of halogens is 1. The van der Waals surface area contributed by atoms with E-state index in [1.54, 1.807) is 39.8 Å². The summed E-state index contributed by atoms with van der Waals surface area (Å²) in [6, 6.07) is 3.30. The number of hydrogen-bond donors (Lipinski definition) is 3. The van der Waals surface area contributed by atoms with E-state index in [1.165, 1.54) is 24.3 Å². The normalized spacial score (nSPS) is 13.1. The van der Waals surface area contributed by atoms with Crippen LogP contribution in [0.1, 0.15) is 39.2 Å². The van der Waals surface area contributed by atoms with Crippen LogP contribution >= 0.6 is 0 Å². The average molecular weight is 465 g/mol. The van der Waals surface area contributed by atoms with Crippen LogP contribution in [0.5, 0.6) is 0 Å². The monoisotopic (exact) mass is 464 g/mol. The van der Waals surface area contributed by atoms with Gasteiger partial charge in [0.05, 0.1) is 12.8 Å². The van der Waals surface area contributed by atoms with Crippen molar-refractivity contribution in [3.05, 3.63) is 35.6 Å². The van der Waals surface area contributed by atoms with Gasteiger partial charge in [-0.05, 0) is 59.0 Å². The Morgan fingerprint density at radius 2 is 1.70 bits per heavy atom. The molecular formula is C23H33FN4O5. The van der Waals surface area contributed by atoms with E-state index in [0.717, 1.165) is 0 Å². The van der Waals surface area contributed by atoms with E-state index in [4.69, 9.17) is 10.1 Å². The highest BCUT2D eigenvalue weighted by Crippen LogP contribution is 2.12. The van der Waals surface area contributed by atoms with Gasteiger partial charge in [-0.15, -0.1) is 0 Å². The highest BCUT2D eigenvalue weighted by molar-refractivity contribution is 6.26. The summed E-state index contributed by atoms with van der Waals surface area (Å²) in [6.45, 7) is 5.05. The Morgan fingerprint density at radius 3 is 2.21 bits per heavy atom. The molecule has 182 valence electrons. The van der Waals surface area contributed by atoms with Crippen LogP contribution in [0, 0.1) is 11.2 Å². The lowest BCUT2D eigenvalue weighted by Gasteiger charge is -2.26. The SMILES string of the molecule is CN(C)CC(=O)N[C@@H](Cc1ccc(F)cc1)C(=O)N[C@@H](CCC(=O)C=N)C(=O)OC(C)(C)C. The third kappa shape index (κ3) is 11.3. The highest BCUT2D eigenvalue weighted by atomic mass is 19.1. The van der Waals surface area contributed by atoms with Gasteiger partial charge in [0.1, 0.15) is 23.5 Å². The molecule has 0 fully saturated rings. The van der Waals surface area contributed by atoms with E-state index in [2.05, 4.69) is 10.6 Å². The summed E-state index contributed by atoms with van der Waals surface area (Å²) in [7, 11) is 3.40. The van der Waals surface area contributed by atoms with E-state index in [-0.39, 0.29) is 25.8 Å². The average Bonchev–Trinajstić information content (AvgIpc) is 2.69. The number of carbonyl (C=O) groups excluding carboxylic acids is 4. The quantitative estimate of drug-likeness (QED) is 0.315. The van der Waals surface area contributed by atoms with Crippen LogP contribution in [0.4, 0.5) is 4.39 Å². The molecule has 3 N–H and O–H groups in total. The molecule has 0 saturated heterocycles. The number of esters is 1. The number of nitrogens with zero attached hydrogens (tertiary/aromatic N) is 1. The predicted molar refractivity (Wildman–Crippen MR) is 121 cm³/mol. The first-order chi connectivity index (χ1) is 15.3. The summed E-state index contributed by atoms with van der Waals surface area (Å²) in [6.07, 6.45) is 0.506. The molecule has 0 aromatic heterocycles. The van der Waals surface area contributed by atoms with Crippen LogP contribution in [0.15, 0.2) is 24.3 Å². The van der Waals surface area contributed by atoms with Gasteiger partial charge in [0, 0.05) is 12.8 Å². The molecule has 0 aliphatic heterocycles. The van der Waals surface area contributed by atoms with Gasteiger partial charge in [0.15, 0.2) is 5.78 Å². The summed E-state index contributed by atoms with van der Waals surface area (Å²) >= 11 is 0. The standard InChI is InChI=1S/C23H33FN4O5/c1-23(2,3)33-22(32)18(11-10-17(29)13-25)27-21(31)19(26-20(30)14-28(4)5)12-15-6-8-16(24)9-7-15/h6-9,13,18-19,25H,10-12,14H2,1-5H3,(H,26,30)(H,27,31)/t18-,19-/m0/s1. The molecule has 0 heterocycles. The van der Waals surface area contributed by atoms with Crippen molar-refractivity contribution < 1.29 is 28.3 Å². The predicted octanol–water partition coefficient (Wildman–Crippen LogP) is 1.24. The number of Topliss-reactive ketones (excluding diaryl/α,β-unsaturated/α-hetero) is 1. The summed E-state index contributed by atoms with van der Waals surface area (Å²) in [5, 5.41) is 12.2. The van der Waals surface area contributed by atoms with Crippen LogP contribution in [0.25, 0.3) is 0 Å². The van der Waals surface area contributed by atoms with Crippen molar-refractivity contribution in [1.82, 2.24) is 15.5 Å². The van der Waals surface area contributed by atoms with Crippen molar-refractivity contribution in [3.8, 4) is 0 Å². The smallest absolute Gasteiger partial charge is 0.329 e. The van der Waals surface area contributed by atoms with Crippen molar-refractivity contribution in [2.75, 3.05) is 20.6 Å². The minimum absolute atomic E-state index is 0.0382. The molecule has 33 heavy (non-hydrogen) atoms. The van der Waals surface area contributed by atoms with Gasteiger partial charge in [0.25, 0.3) is 0 Å². The second-order valence-electron chi connectivity index (χ2n) is 8.93. The van der Waals surface area contributed by atoms with E-state index in [0.29, 0.717) is 11.8 Å². The minimum atomic E-state index is -1.15. The lowest BCUT2D eigenvalue weighted by molar-refractivity contribution is -0.159. The van der Waals surface area contributed by atoms with Gasteiger partial charge in [-0.3, -0.25) is 14.4 Å². The van der Waals surface area contributed by atoms with E-state index >= 15 is 0 Å². The number of ketones is 1. The van der Waals surface area contributed by atoms with Crippen molar-refractivity contribution >= 4 is 29.8 Å². The summed E-state index contributed by atoms with van der Waals surface area (Å²) < 4.78 is 18.6. The number of benzene rings is 1. The maximum Gasteiger partial charge on any atom is 0.329 e. The fraction of sp³-hybridized carbons (Fsp3) is 0.522. The fourth-order valence-corrected chi connectivity index (χ4v) is 2.85. The molecule has 0 unspecified atom stereocenters. The Bertz CT molecular complexity index is 849. The first-order valence-electron chi connectivity index (χ1n) is 10.6. The van der Waals surface area contributed by atoms with Gasteiger partial charge in [-0.1, -0.05) is 12.1 Å². The third-order valence-electron chi connectivity index (χ3n) is 4.31. The lowest BCUT2D eigenvalue weighted by atomic mass is 10.0. The molecule has 2 amide bonds. The second-order valence-corrected chi connectivity index (χ2v) is 8.93. The molecule has 0 aliphatic rings. The first-order valence-corrected chi connectivity index (χ1v) is 10.6. The molecule has 1 aromatic carbocycles. The molecular weight excluding hydrogens is 431 g/mol. The van der Waals surface area contributed by atoms with Crippen LogP contribution in [0.3, 0.4) is 0 Å². The van der Waals surface area contributed by atoms with Crippen LogP contribution < -0.4 is 10.6 Å². The Labute approximate surface area is 193 Å². The summed E-state index contributed by atoms with van der Waals surface area (Å²) in [5.41, 5.74) is -0.214. The second kappa shape index (κ2) is 12.8. The van der Waals surface area contributed by atoms with Gasteiger partial charge in [-0.25, -0.2) is 9.18 Å². The number of likely N-dealkylation sites (N-methyl/N-ethyl adjacent to an activating group) is 1. The van der Waals surface area contributed by atoms with Crippen molar-refractivity contribution in [1.29, 1.82) is 5.41 Å². The summed E-state index contributed by atoms with van der Waals surface area (Å²) in [4.78, 5) is 51.2. The molecule has 2 atom stereocenters. The van der Waals surface area contributed by atoms with Crippen molar-refractivity contribution in [3.63, 3.8) is 0 Å². The number of nitrogens with one attached hydrogen (secondary N) is 3. The van der Waals surface area contributed by atoms with Crippen LogP contribution in [-0.4, -0.2) is 73.0 Å².